The van der Waals surface area contributed by atoms with Gasteiger partial charge in [-0.25, -0.2) is 0 Å². The van der Waals surface area contributed by atoms with Gasteiger partial charge in [-0.2, -0.15) is 0 Å². The first kappa shape index (κ1) is 22.8. The smallest absolute Gasteiger partial charge is 0.251 e. The second kappa shape index (κ2) is 10.0. The Labute approximate surface area is 191 Å². The van der Waals surface area contributed by atoms with E-state index in [9.17, 15) is 4.79 Å². The summed E-state index contributed by atoms with van der Waals surface area (Å²) in [7, 11) is 3.36. The molecule has 2 aliphatic rings. The Morgan fingerprint density at radius 1 is 1.19 bits per heavy atom. The number of carbonyl (C=O) groups is 1. The predicted molar refractivity (Wildman–Crippen MR) is 123 cm³/mol. The molecule has 2 aromatic rings. The molecule has 1 amide bonds. The normalized spacial score (nSPS) is 22.3. The van der Waals surface area contributed by atoms with E-state index in [-0.39, 0.29) is 11.4 Å². The van der Waals surface area contributed by atoms with Crippen LogP contribution in [-0.2, 0) is 32.9 Å². The van der Waals surface area contributed by atoms with Gasteiger partial charge in [0.2, 0.25) is 0 Å². The van der Waals surface area contributed by atoms with Crippen molar-refractivity contribution in [2.24, 2.45) is 0 Å². The number of ether oxygens (including phenoxy) is 3. The summed E-state index contributed by atoms with van der Waals surface area (Å²) < 4.78 is 16.9. The Morgan fingerprint density at radius 3 is 2.81 bits per heavy atom. The van der Waals surface area contributed by atoms with Crippen molar-refractivity contribution in [3.8, 4) is 5.75 Å². The van der Waals surface area contributed by atoms with Crippen LogP contribution in [0.25, 0.3) is 0 Å². The molecule has 2 aliphatic heterocycles. The lowest BCUT2D eigenvalue weighted by Gasteiger charge is -2.35. The summed E-state index contributed by atoms with van der Waals surface area (Å²) in [6, 6.07) is 16.8. The van der Waals surface area contributed by atoms with Gasteiger partial charge in [0.1, 0.15) is 11.9 Å². The van der Waals surface area contributed by atoms with Crippen LogP contribution < -0.4 is 4.74 Å². The number of methoxy groups -OCH3 is 2. The van der Waals surface area contributed by atoms with Crippen molar-refractivity contribution in [1.82, 2.24) is 9.80 Å². The molecule has 4 rings (SSSR count). The first-order valence-electron chi connectivity index (χ1n) is 11.5. The van der Waals surface area contributed by atoms with E-state index in [4.69, 9.17) is 14.2 Å². The van der Waals surface area contributed by atoms with Crippen molar-refractivity contribution >= 4 is 5.91 Å². The molecule has 0 N–H and O–H groups in total. The average molecular weight is 439 g/mol. The van der Waals surface area contributed by atoms with E-state index in [1.54, 1.807) is 14.2 Å². The van der Waals surface area contributed by atoms with Crippen LogP contribution in [0.15, 0.2) is 48.5 Å². The minimum Gasteiger partial charge on any atom is -0.497 e. The van der Waals surface area contributed by atoms with Crippen LogP contribution in [0, 0.1) is 0 Å². The molecule has 0 unspecified atom stereocenters. The topological polar surface area (TPSA) is 51.2 Å². The molecule has 1 spiro atoms. The summed E-state index contributed by atoms with van der Waals surface area (Å²) in [5.41, 5.74) is 3.51. The highest BCUT2D eigenvalue weighted by atomic mass is 16.5. The van der Waals surface area contributed by atoms with Gasteiger partial charge in [-0.3, -0.25) is 9.69 Å². The monoisotopic (exact) mass is 438 g/mol. The van der Waals surface area contributed by atoms with Gasteiger partial charge in [-0.1, -0.05) is 43.3 Å². The number of carbonyl (C=O) groups excluding carboxylic acids is 1. The summed E-state index contributed by atoms with van der Waals surface area (Å²) in [6.45, 7) is 6.09. The summed E-state index contributed by atoms with van der Waals surface area (Å²) in [6.07, 6.45) is 1.15. The number of nitrogens with zero attached hydrogens (tertiary/aromatic N) is 2. The number of amides is 1. The zero-order chi connectivity index (χ0) is 22.6. The van der Waals surface area contributed by atoms with Crippen LogP contribution in [0.1, 0.15) is 36.5 Å². The summed E-state index contributed by atoms with van der Waals surface area (Å²) in [4.78, 5) is 17.7. The number of hydrogen-bond acceptors (Lipinski definition) is 5. The van der Waals surface area contributed by atoms with Gasteiger partial charge in [-0.05, 0) is 35.2 Å². The Balaban J connectivity index is 1.58. The number of hydrogen-bond donors (Lipinski definition) is 0. The zero-order valence-corrected chi connectivity index (χ0v) is 19.4. The standard InChI is InChI=1S/C26H34N2O4/c1-4-12-27(13-14-30-2)25(29)24-16-26(19-32-24)23-11-6-5-9-21(23)18-28(26)17-20-8-7-10-22(15-20)31-3/h5-11,15,24H,4,12-14,16-19H2,1-3H3/t24-,26-/m0/s1. The van der Waals surface area contributed by atoms with Gasteiger partial charge in [-0.15, -0.1) is 0 Å². The SMILES string of the molecule is CCCN(CCOC)C(=O)[C@@H]1C[C@]2(CO1)c1ccccc1CN2Cc1cccc(OC)c1. The van der Waals surface area contributed by atoms with Gasteiger partial charge >= 0.3 is 0 Å². The van der Waals surface area contributed by atoms with Crippen LogP contribution in [0.3, 0.4) is 0 Å². The fourth-order valence-corrected chi connectivity index (χ4v) is 5.07. The molecule has 0 aliphatic carbocycles. The predicted octanol–water partition coefficient (Wildman–Crippen LogP) is 3.58. The van der Waals surface area contributed by atoms with Crippen LogP contribution in [0.4, 0.5) is 0 Å². The third-order valence-corrected chi connectivity index (χ3v) is 6.69. The molecular formula is C26H34N2O4. The molecule has 0 radical (unpaired) electrons. The summed E-state index contributed by atoms with van der Waals surface area (Å²) in [5.74, 6) is 0.934. The van der Waals surface area contributed by atoms with Crippen molar-refractivity contribution in [3.05, 3.63) is 65.2 Å². The van der Waals surface area contributed by atoms with Crippen LogP contribution in [0.5, 0.6) is 5.75 Å². The van der Waals surface area contributed by atoms with E-state index in [2.05, 4.69) is 48.2 Å². The van der Waals surface area contributed by atoms with E-state index in [0.717, 1.165) is 31.8 Å². The van der Waals surface area contributed by atoms with E-state index in [0.29, 0.717) is 26.2 Å². The van der Waals surface area contributed by atoms with Crippen LogP contribution >= 0.6 is 0 Å². The Morgan fingerprint density at radius 2 is 2.03 bits per heavy atom. The lowest BCUT2D eigenvalue weighted by Crippen LogP contribution is -2.44. The quantitative estimate of drug-likeness (QED) is 0.599. The zero-order valence-electron chi connectivity index (χ0n) is 19.4. The third kappa shape index (κ3) is 4.40. The van der Waals surface area contributed by atoms with Crippen LogP contribution in [-0.4, -0.2) is 62.3 Å². The second-order valence-electron chi connectivity index (χ2n) is 8.72. The van der Waals surface area contributed by atoms with Crippen molar-refractivity contribution in [1.29, 1.82) is 0 Å². The maximum atomic E-state index is 13.4. The van der Waals surface area contributed by atoms with Gasteiger partial charge in [0.05, 0.1) is 25.9 Å². The van der Waals surface area contributed by atoms with Crippen molar-refractivity contribution in [3.63, 3.8) is 0 Å². The minimum absolute atomic E-state index is 0.0755. The fraction of sp³-hybridized carbons (Fsp3) is 0.500. The number of fused-ring (bicyclic) bond motifs is 2. The lowest BCUT2D eigenvalue weighted by molar-refractivity contribution is -0.141. The summed E-state index contributed by atoms with van der Waals surface area (Å²) in [5, 5.41) is 0. The Bertz CT molecular complexity index is 934. The lowest BCUT2D eigenvalue weighted by atomic mass is 9.86. The molecule has 2 atom stereocenters. The molecule has 172 valence electrons. The molecule has 0 saturated carbocycles. The molecule has 1 fully saturated rings. The molecule has 1 saturated heterocycles. The summed E-state index contributed by atoms with van der Waals surface area (Å²) >= 11 is 0. The highest BCUT2D eigenvalue weighted by molar-refractivity contribution is 5.81. The third-order valence-electron chi connectivity index (χ3n) is 6.69. The Hall–Kier alpha value is -2.41. The van der Waals surface area contributed by atoms with Crippen molar-refractivity contribution in [2.75, 3.05) is 40.5 Å². The van der Waals surface area contributed by atoms with Gasteiger partial charge < -0.3 is 19.1 Å². The fourth-order valence-electron chi connectivity index (χ4n) is 5.07. The van der Waals surface area contributed by atoms with Gasteiger partial charge in [0, 0.05) is 39.7 Å². The molecule has 6 nitrogen and oxygen atoms in total. The first-order chi connectivity index (χ1) is 15.6. The number of benzene rings is 2. The van der Waals surface area contributed by atoms with E-state index >= 15 is 0 Å². The highest BCUT2D eigenvalue weighted by Gasteiger charge is 2.52. The second-order valence-corrected chi connectivity index (χ2v) is 8.72. The molecule has 2 aromatic carbocycles. The molecular weight excluding hydrogens is 404 g/mol. The molecule has 0 bridgehead atoms. The Kier molecular flexibility index (Phi) is 7.13. The van der Waals surface area contributed by atoms with Crippen molar-refractivity contribution < 1.29 is 19.0 Å². The van der Waals surface area contributed by atoms with E-state index < -0.39 is 6.10 Å². The highest BCUT2D eigenvalue weighted by Crippen LogP contribution is 2.47. The largest absolute Gasteiger partial charge is 0.497 e. The maximum absolute atomic E-state index is 13.4. The van der Waals surface area contributed by atoms with Crippen LogP contribution in [0.2, 0.25) is 0 Å². The van der Waals surface area contributed by atoms with Gasteiger partial charge in [0.15, 0.2) is 0 Å². The van der Waals surface area contributed by atoms with Gasteiger partial charge in [0.25, 0.3) is 5.91 Å². The van der Waals surface area contributed by atoms with E-state index in [1.165, 1.54) is 16.7 Å². The first-order valence-corrected chi connectivity index (χ1v) is 11.5. The average Bonchev–Trinajstić information content (AvgIpc) is 3.39. The minimum atomic E-state index is -0.433. The molecule has 2 heterocycles. The molecule has 32 heavy (non-hydrogen) atoms. The maximum Gasteiger partial charge on any atom is 0.251 e. The van der Waals surface area contributed by atoms with Crippen molar-refractivity contribution in [2.45, 2.75) is 44.5 Å². The number of rotatable bonds is 9. The van der Waals surface area contributed by atoms with E-state index in [1.807, 2.05) is 17.0 Å². The molecule has 6 heteroatoms. The molecule has 0 aromatic heterocycles.